The van der Waals surface area contributed by atoms with E-state index in [2.05, 4.69) is 9.47 Å². The fourth-order valence-corrected chi connectivity index (χ4v) is 1.18. The number of alkyl halides is 3. The molecule has 0 bridgehead atoms. The summed E-state index contributed by atoms with van der Waals surface area (Å²) in [6.45, 7) is 0. The van der Waals surface area contributed by atoms with Crippen LogP contribution >= 0.6 is 23.2 Å². The summed E-state index contributed by atoms with van der Waals surface area (Å²) in [6.07, 6.45) is -4.80. The quantitative estimate of drug-likeness (QED) is 0.803. The van der Waals surface area contributed by atoms with E-state index >= 15 is 0 Å². The van der Waals surface area contributed by atoms with Crippen molar-refractivity contribution < 1.29 is 22.6 Å². The molecule has 0 saturated heterocycles. The molecule has 0 aromatic heterocycles. The van der Waals surface area contributed by atoms with Gasteiger partial charge in [0.15, 0.2) is 11.5 Å². The predicted molar refractivity (Wildman–Crippen MR) is 49.7 cm³/mol. The molecular weight excluding hydrogens is 256 g/mol. The van der Waals surface area contributed by atoms with Crippen molar-refractivity contribution >= 4 is 23.2 Å². The van der Waals surface area contributed by atoms with Crippen LogP contribution < -0.4 is 9.47 Å². The van der Waals surface area contributed by atoms with Gasteiger partial charge in [0.05, 0.1) is 17.2 Å². The van der Waals surface area contributed by atoms with Gasteiger partial charge in [-0.3, -0.25) is 0 Å². The van der Waals surface area contributed by atoms with Crippen LogP contribution in [0.25, 0.3) is 0 Å². The van der Waals surface area contributed by atoms with Crippen LogP contribution in [0.2, 0.25) is 10.0 Å². The smallest absolute Gasteiger partial charge is 0.493 e. The molecule has 0 radical (unpaired) electrons. The fraction of sp³-hybridized carbons (Fsp3) is 0.250. The van der Waals surface area contributed by atoms with Crippen molar-refractivity contribution in [2.24, 2.45) is 0 Å². The summed E-state index contributed by atoms with van der Waals surface area (Å²) in [5, 5.41) is 0.0414. The minimum absolute atomic E-state index is 0.0447. The molecule has 84 valence electrons. The van der Waals surface area contributed by atoms with Gasteiger partial charge >= 0.3 is 6.36 Å². The molecule has 2 nitrogen and oxygen atoms in total. The van der Waals surface area contributed by atoms with Crippen LogP contribution in [-0.2, 0) is 0 Å². The lowest BCUT2D eigenvalue weighted by atomic mass is 10.3. The number of hydrogen-bond donors (Lipinski definition) is 0. The van der Waals surface area contributed by atoms with Gasteiger partial charge in [0, 0.05) is 12.1 Å². The first kappa shape index (κ1) is 12.3. The van der Waals surface area contributed by atoms with Gasteiger partial charge < -0.3 is 9.47 Å². The number of rotatable bonds is 2. The highest BCUT2D eigenvalue weighted by Gasteiger charge is 2.32. The van der Waals surface area contributed by atoms with Crippen molar-refractivity contribution in [2.75, 3.05) is 7.11 Å². The second-order valence-electron chi connectivity index (χ2n) is 2.46. The summed E-state index contributed by atoms with van der Waals surface area (Å²) >= 11 is 11.1. The van der Waals surface area contributed by atoms with E-state index in [4.69, 9.17) is 23.2 Å². The van der Waals surface area contributed by atoms with Gasteiger partial charge in [0.25, 0.3) is 0 Å². The minimum Gasteiger partial charge on any atom is -0.493 e. The number of benzene rings is 1. The zero-order valence-corrected chi connectivity index (χ0v) is 8.87. The van der Waals surface area contributed by atoms with Crippen LogP contribution in [0.4, 0.5) is 13.2 Å². The molecule has 0 N–H and O–H groups in total. The minimum atomic E-state index is -4.80. The zero-order valence-electron chi connectivity index (χ0n) is 7.36. The largest absolute Gasteiger partial charge is 0.573 e. The van der Waals surface area contributed by atoms with Gasteiger partial charge in [0.2, 0.25) is 0 Å². The third kappa shape index (κ3) is 3.35. The SMILES string of the molecule is COc1cc(Cl)c(Cl)cc1OC(F)(F)F. The topological polar surface area (TPSA) is 18.5 Å². The molecule has 15 heavy (non-hydrogen) atoms. The monoisotopic (exact) mass is 260 g/mol. The highest BCUT2D eigenvalue weighted by molar-refractivity contribution is 6.42. The van der Waals surface area contributed by atoms with Crippen LogP contribution in [0, 0.1) is 0 Å². The normalized spacial score (nSPS) is 11.3. The molecule has 0 unspecified atom stereocenters. The van der Waals surface area contributed by atoms with Crippen molar-refractivity contribution in [1.82, 2.24) is 0 Å². The predicted octanol–water partition coefficient (Wildman–Crippen LogP) is 3.90. The maximum absolute atomic E-state index is 11.9. The molecule has 0 fully saturated rings. The Kier molecular flexibility index (Phi) is 3.57. The number of methoxy groups -OCH3 is 1. The molecule has 7 heteroatoms. The maximum Gasteiger partial charge on any atom is 0.573 e. The average molecular weight is 261 g/mol. The molecule has 0 aliphatic heterocycles. The molecule has 1 aromatic carbocycles. The Labute approximate surface area is 93.5 Å². The van der Waals surface area contributed by atoms with Crippen LogP contribution in [0.3, 0.4) is 0 Å². The molecule has 0 amide bonds. The van der Waals surface area contributed by atoms with Crippen molar-refractivity contribution in [3.8, 4) is 11.5 Å². The lowest BCUT2D eigenvalue weighted by molar-refractivity contribution is -0.275. The maximum atomic E-state index is 11.9. The van der Waals surface area contributed by atoms with Crippen LogP contribution in [0.15, 0.2) is 12.1 Å². The summed E-state index contributed by atoms with van der Waals surface area (Å²) < 4.78 is 44.2. The fourth-order valence-electron chi connectivity index (χ4n) is 0.874. The molecule has 0 heterocycles. The van der Waals surface area contributed by atoms with Crippen LogP contribution in [0.1, 0.15) is 0 Å². The Morgan fingerprint density at radius 3 is 1.93 bits per heavy atom. The van der Waals surface area contributed by atoms with Gasteiger partial charge in [-0.1, -0.05) is 23.2 Å². The second-order valence-corrected chi connectivity index (χ2v) is 3.28. The lowest BCUT2D eigenvalue weighted by Gasteiger charge is -2.13. The molecule has 1 aromatic rings. The Hall–Kier alpha value is -0.810. The molecular formula is C8H5Cl2F3O2. The second kappa shape index (κ2) is 4.37. The van der Waals surface area contributed by atoms with Gasteiger partial charge in [-0.25, -0.2) is 0 Å². The summed E-state index contributed by atoms with van der Waals surface area (Å²) in [6, 6.07) is 2.08. The Morgan fingerprint density at radius 1 is 1.07 bits per heavy atom. The molecule has 0 aliphatic rings. The van der Waals surface area contributed by atoms with Crippen molar-refractivity contribution in [1.29, 1.82) is 0 Å². The zero-order chi connectivity index (χ0) is 11.6. The van der Waals surface area contributed by atoms with Crippen LogP contribution in [-0.4, -0.2) is 13.5 Å². The third-order valence-corrected chi connectivity index (χ3v) is 2.15. The van der Waals surface area contributed by atoms with E-state index < -0.39 is 12.1 Å². The molecule has 1 rings (SSSR count). The van der Waals surface area contributed by atoms with E-state index in [9.17, 15) is 13.2 Å². The number of hydrogen-bond acceptors (Lipinski definition) is 2. The highest BCUT2D eigenvalue weighted by Crippen LogP contribution is 2.38. The standard InChI is InChI=1S/C8H5Cl2F3O2/c1-14-6-2-4(9)5(10)3-7(6)15-8(11,12)13/h2-3H,1H3. The van der Waals surface area contributed by atoms with Crippen molar-refractivity contribution in [2.45, 2.75) is 6.36 Å². The van der Waals surface area contributed by atoms with E-state index in [1.807, 2.05) is 0 Å². The van der Waals surface area contributed by atoms with E-state index in [-0.39, 0.29) is 15.8 Å². The first-order valence-corrected chi connectivity index (χ1v) is 4.38. The summed E-state index contributed by atoms with van der Waals surface area (Å²) in [7, 11) is 1.20. The lowest BCUT2D eigenvalue weighted by Crippen LogP contribution is -2.17. The van der Waals surface area contributed by atoms with Gasteiger partial charge in [0.1, 0.15) is 0 Å². The number of ether oxygens (including phenoxy) is 2. The Morgan fingerprint density at radius 2 is 1.53 bits per heavy atom. The summed E-state index contributed by atoms with van der Waals surface area (Å²) in [4.78, 5) is 0. The summed E-state index contributed by atoms with van der Waals surface area (Å²) in [5.41, 5.74) is 0. The van der Waals surface area contributed by atoms with E-state index in [0.717, 1.165) is 12.1 Å². The molecule has 0 aliphatic carbocycles. The van der Waals surface area contributed by atoms with E-state index in [1.54, 1.807) is 0 Å². The highest BCUT2D eigenvalue weighted by atomic mass is 35.5. The third-order valence-electron chi connectivity index (χ3n) is 1.43. The molecule has 0 spiro atoms. The van der Waals surface area contributed by atoms with Crippen molar-refractivity contribution in [3.05, 3.63) is 22.2 Å². The van der Waals surface area contributed by atoms with E-state index in [0.29, 0.717) is 0 Å². The number of halogens is 5. The molecule has 0 atom stereocenters. The van der Waals surface area contributed by atoms with Crippen LogP contribution in [0.5, 0.6) is 11.5 Å². The Bertz CT molecular complexity index is 366. The van der Waals surface area contributed by atoms with E-state index in [1.165, 1.54) is 7.11 Å². The molecule has 0 saturated carbocycles. The summed E-state index contributed by atoms with van der Waals surface area (Å²) in [5.74, 6) is -0.666. The average Bonchev–Trinajstić information content (AvgIpc) is 2.08. The first-order valence-electron chi connectivity index (χ1n) is 3.62. The first-order chi connectivity index (χ1) is 6.83. The van der Waals surface area contributed by atoms with Gasteiger partial charge in [-0.2, -0.15) is 0 Å². The Balaban J connectivity index is 3.11. The van der Waals surface area contributed by atoms with Crippen molar-refractivity contribution in [3.63, 3.8) is 0 Å². The van der Waals surface area contributed by atoms with Gasteiger partial charge in [-0.05, 0) is 0 Å². The van der Waals surface area contributed by atoms with Gasteiger partial charge in [-0.15, -0.1) is 13.2 Å².